The largest absolute Gasteiger partial charge is 0.463 e. The van der Waals surface area contributed by atoms with Crippen LogP contribution >= 0.6 is 0 Å². The first-order valence-electron chi connectivity index (χ1n) is 4.22. The molecular formula is C9H13NO4. The van der Waals surface area contributed by atoms with E-state index in [-0.39, 0.29) is 17.8 Å². The highest BCUT2D eigenvalue weighted by atomic mass is 16.5. The average Bonchev–Trinajstić information content (AvgIpc) is 2.51. The van der Waals surface area contributed by atoms with Crippen LogP contribution in [0.5, 0.6) is 0 Å². The number of esters is 1. The summed E-state index contributed by atoms with van der Waals surface area (Å²) in [6, 6.07) is 0. The molecule has 1 saturated heterocycles. The zero-order valence-electron chi connectivity index (χ0n) is 8.04. The molecule has 0 aromatic heterocycles. The normalized spacial score (nSPS) is 13.8. The summed E-state index contributed by atoms with van der Waals surface area (Å²) in [4.78, 5) is 30.3. The third-order valence-electron chi connectivity index (χ3n) is 1.31. The van der Waals surface area contributed by atoms with Crippen molar-refractivity contribution < 1.29 is 19.1 Å². The number of ether oxygens (including phenoxy) is 1. The van der Waals surface area contributed by atoms with Gasteiger partial charge in [-0.1, -0.05) is 6.58 Å². The van der Waals surface area contributed by atoms with Crippen molar-refractivity contribution in [3.05, 3.63) is 12.7 Å². The molecule has 0 radical (unpaired) electrons. The zero-order valence-corrected chi connectivity index (χ0v) is 8.04. The standard InChI is InChI=1S/C5H8O2.C4H5NO2/c1-3-5(6)7-4-2;6-3-1-2-4(7)5-3/h3H,1,4H2,2H3;1-2H2,(H,5,6,7). The van der Waals surface area contributed by atoms with Crippen LogP contribution < -0.4 is 5.32 Å². The predicted molar refractivity (Wildman–Crippen MR) is 49.2 cm³/mol. The predicted octanol–water partition coefficient (Wildman–Crippen LogP) is 0.158. The van der Waals surface area contributed by atoms with Crippen molar-refractivity contribution in [1.82, 2.24) is 5.32 Å². The molecule has 1 aliphatic heterocycles. The molecule has 0 aliphatic carbocycles. The second kappa shape index (κ2) is 6.82. The second-order valence-electron chi connectivity index (χ2n) is 2.43. The quantitative estimate of drug-likeness (QED) is 0.390. The molecule has 1 heterocycles. The van der Waals surface area contributed by atoms with Crippen LogP contribution in [0.3, 0.4) is 0 Å². The van der Waals surface area contributed by atoms with Crippen molar-refractivity contribution in [3.8, 4) is 0 Å². The molecule has 1 aliphatic rings. The third-order valence-corrected chi connectivity index (χ3v) is 1.31. The Morgan fingerprint density at radius 1 is 1.50 bits per heavy atom. The molecule has 0 unspecified atom stereocenters. The monoisotopic (exact) mass is 199 g/mol. The van der Waals surface area contributed by atoms with Crippen molar-refractivity contribution in [2.75, 3.05) is 6.61 Å². The minimum Gasteiger partial charge on any atom is -0.463 e. The van der Waals surface area contributed by atoms with Gasteiger partial charge < -0.3 is 4.74 Å². The molecular weight excluding hydrogens is 186 g/mol. The Morgan fingerprint density at radius 3 is 2.14 bits per heavy atom. The Balaban J connectivity index is 0.000000241. The van der Waals surface area contributed by atoms with Crippen LogP contribution in [-0.4, -0.2) is 24.4 Å². The maximum atomic E-state index is 10.1. The molecule has 1 N–H and O–H groups in total. The molecule has 5 nitrogen and oxygen atoms in total. The van der Waals surface area contributed by atoms with Crippen molar-refractivity contribution >= 4 is 17.8 Å². The van der Waals surface area contributed by atoms with Crippen LogP contribution in [-0.2, 0) is 19.1 Å². The average molecular weight is 199 g/mol. The van der Waals surface area contributed by atoms with Crippen LogP contribution in [0.1, 0.15) is 19.8 Å². The summed E-state index contributed by atoms with van der Waals surface area (Å²) in [6.45, 7) is 5.38. The number of carbonyl (C=O) groups is 3. The van der Waals surface area contributed by atoms with E-state index in [4.69, 9.17) is 0 Å². The summed E-state index contributed by atoms with van der Waals surface area (Å²) < 4.78 is 4.43. The number of imide groups is 1. The van der Waals surface area contributed by atoms with Crippen LogP contribution in [0.2, 0.25) is 0 Å². The fourth-order valence-electron chi connectivity index (χ4n) is 0.709. The fourth-order valence-corrected chi connectivity index (χ4v) is 0.709. The first kappa shape index (κ1) is 12.3. The number of hydrogen-bond donors (Lipinski definition) is 1. The number of amides is 2. The van der Waals surface area contributed by atoms with Crippen LogP contribution in [0, 0.1) is 0 Å². The Bertz CT molecular complexity index is 233. The van der Waals surface area contributed by atoms with E-state index in [9.17, 15) is 14.4 Å². The molecule has 1 fully saturated rings. The molecule has 5 heteroatoms. The summed E-state index contributed by atoms with van der Waals surface area (Å²) in [5, 5.41) is 2.14. The highest BCUT2D eigenvalue weighted by molar-refractivity contribution is 6.01. The summed E-state index contributed by atoms with van der Waals surface area (Å²) in [5.41, 5.74) is 0. The minimum atomic E-state index is -0.359. The Morgan fingerprint density at radius 2 is 2.00 bits per heavy atom. The minimum absolute atomic E-state index is 0.148. The van der Waals surface area contributed by atoms with E-state index in [2.05, 4.69) is 16.6 Å². The van der Waals surface area contributed by atoms with E-state index in [0.717, 1.165) is 6.08 Å². The Labute approximate surface area is 82.1 Å². The van der Waals surface area contributed by atoms with Crippen LogP contribution in [0.25, 0.3) is 0 Å². The highest BCUT2D eigenvalue weighted by Gasteiger charge is 2.15. The van der Waals surface area contributed by atoms with Gasteiger partial charge in [0.1, 0.15) is 0 Å². The molecule has 1 rings (SSSR count). The molecule has 0 atom stereocenters. The van der Waals surface area contributed by atoms with Crippen LogP contribution in [0.15, 0.2) is 12.7 Å². The molecule has 0 aromatic rings. The van der Waals surface area contributed by atoms with Gasteiger partial charge in [0.05, 0.1) is 6.61 Å². The second-order valence-corrected chi connectivity index (χ2v) is 2.43. The Kier molecular flexibility index (Phi) is 6.02. The molecule has 0 aromatic carbocycles. The van der Waals surface area contributed by atoms with Gasteiger partial charge in [0.2, 0.25) is 11.8 Å². The van der Waals surface area contributed by atoms with E-state index in [1.54, 1.807) is 6.92 Å². The van der Waals surface area contributed by atoms with Gasteiger partial charge in [-0.25, -0.2) is 4.79 Å². The first-order valence-corrected chi connectivity index (χ1v) is 4.22. The van der Waals surface area contributed by atoms with E-state index < -0.39 is 0 Å². The van der Waals surface area contributed by atoms with Crippen LogP contribution in [0.4, 0.5) is 0 Å². The number of carbonyl (C=O) groups excluding carboxylic acids is 3. The SMILES string of the molecule is C=CC(=O)OCC.O=C1CCC(=O)N1. The Hall–Kier alpha value is -1.65. The smallest absolute Gasteiger partial charge is 0.330 e. The van der Waals surface area contributed by atoms with Gasteiger partial charge in [-0.05, 0) is 6.92 Å². The van der Waals surface area contributed by atoms with Gasteiger partial charge in [0.15, 0.2) is 0 Å². The molecule has 14 heavy (non-hydrogen) atoms. The molecule has 2 amide bonds. The highest BCUT2D eigenvalue weighted by Crippen LogP contribution is 1.95. The summed E-state index contributed by atoms with van der Waals surface area (Å²) in [5.74, 6) is -0.655. The van der Waals surface area contributed by atoms with Crippen molar-refractivity contribution in [2.45, 2.75) is 19.8 Å². The van der Waals surface area contributed by atoms with E-state index in [1.165, 1.54) is 0 Å². The fraction of sp³-hybridized carbons (Fsp3) is 0.444. The van der Waals surface area contributed by atoms with Gasteiger partial charge in [-0.15, -0.1) is 0 Å². The number of nitrogens with one attached hydrogen (secondary N) is 1. The lowest BCUT2D eigenvalue weighted by atomic mass is 10.4. The van der Waals surface area contributed by atoms with Gasteiger partial charge in [0.25, 0.3) is 0 Å². The van der Waals surface area contributed by atoms with Gasteiger partial charge in [-0.2, -0.15) is 0 Å². The van der Waals surface area contributed by atoms with Gasteiger partial charge in [0, 0.05) is 18.9 Å². The lowest BCUT2D eigenvalue weighted by molar-refractivity contribution is -0.137. The molecule has 0 saturated carbocycles. The van der Waals surface area contributed by atoms with Gasteiger partial charge >= 0.3 is 5.97 Å². The lowest BCUT2D eigenvalue weighted by Gasteiger charge is -1.90. The van der Waals surface area contributed by atoms with Crippen molar-refractivity contribution in [1.29, 1.82) is 0 Å². The summed E-state index contributed by atoms with van der Waals surface area (Å²) in [7, 11) is 0. The lowest BCUT2D eigenvalue weighted by Crippen LogP contribution is -2.18. The van der Waals surface area contributed by atoms with E-state index in [1.807, 2.05) is 0 Å². The van der Waals surface area contributed by atoms with E-state index >= 15 is 0 Å². The van der Waals surface area contributed by atoms with Crippen molar-refractivity contribution in [3.63, 3.8) is 0 Å². The molecule has 78 valence electrons. The summed E-state index contributed by atoms with van der Waals surface area (Å²) >= 11 is 0. The zero-order chi connectivity index (χ0) is 11.0. The maximum absolute atomic E-state index is 10.1. The molecule has 0 spiro atoms. The number of rotatable bonds is 2. The first-order chi connectivity index (χ1) is 6.60. The van der Waals surface area contributed by atoms with Crippen molar-refractivity contribution in [2.24, 2.45) is 0 Å². The topological polar surface area (TPSA) is 72.5 Å². The summed E-state index contributed by atoms with van der Waals surface area (Å²) in [6.07, 6.45) is 1.89. The maximum Gasteiger partial charge on any atom is 0.330 e. The van der Waals surface area contributed by atoms with E-state index in [0.29, 0.717) is 19.4 Å². The number of hydrogen-bond acceptors (Lipinski definition) is 4. The van der Waals surface area contributed by atoms with Gasteiger partial charge in [-0.3, -0.25) is 14.9 Å². The third kappa shape index (κ3) is 5.93. The molecule has 0 bridgehead atoms.